The Balaban J connectivity index is 1.50. The second-order valence-corrected chi connectivity index (χ2v) is 5.79. The SMILES string of the molecule is O=C1NC(=O)C2(CCN(C(=O)c3n[nH]c(C4CC4)n3)C2)N1. The van der Waals surface area contributed by atoms with Crippen molar-refractivity contribution in [3.05, 3.63) is 11.6 Å². The summed E-state index contributed by atoms with van der Waals surface area (Å²) in [7, 11) is 0. The highest BCUT2D eigenvalue weighted by molar-refractivity contribution is 6.08. The van der Waals surface area contributed by atoms with Gasteiger partial charge in [0.2, 0.25) is 5.82 Å². The Hall–Kier alpha value is -2.45. The van der Waals surface area contributed by atoms with Gasteiger partial charge in [-0.2, -0.15) is 0 Å². The van der Waals surface area contributed by atoms with E-state index in [1.54, 1.807) is 0 Å². The summed E-state index contributed by atoms with van der Waals surface area (Å²) in [6.45, 7) is 0.538. The Bertz CT molecular complexity index is 651. The van der Waals surface area contributed by atoms with Gasteiger partial charge in [-0.3, -0.25) is 20.0 Å². The number of likely N-dealkylation sites (tertiary alicyclic amines) is 1. The molecule has 3 fully saturated rings. The maximum atomic E-state index is 12.4. The monoisotopic (exact) mass is 290 g/mol. The van der Waals surface area contributed by atoms with E-state index in [-0.39, 0.29) is 24.2 Å². The number of hydrogen-bond acceptors (Lipinski definition) is 5. The van der Waals surface area contributed by atoms with Gasteiger partial charge in [0, 0.05) is 12.5 Å². The Morgan fingerprint density at radius 2 is 2.14 bits per heavy atom. The average molecular weight is 290 g/mol. The first-order chi connectivity index (χ1) is 10.1. The molecule has 4 amide bonds. The highest BCUT2D eigenvalue weighted by Gasteiger charge is 2.52. The van der Waals surface area contributed by atoms with Crippen LogP contribution < -0.4 is 10.6 Å². The number of amides is 4. The molecular formula is C12H14N6O3. The fourth-order valence-electron chi connectivity index (χ4n) is 2.85. The molecule has 4 rings (SSSR count). The quantitative estimate of drug-likeness (QED) is 0.610. The molecule has 0 bridgehead atoms. The summed E-state index contributed by atoms with van der Waals surface area (Å²) in [5.74, 6) is 0.571. The number of carbonyl (C=O) groups excluding carboxylic acids is 3. The number of carbonyl (C=O) groups is 3. The van der Waals surface area contributed by atoms with Gasteiger partial charge < -0.3 is 10.2 Å². The predicted octanol–water partition coefficient (Wildman–Crippen LogP) is -0.894. The van der Waals surface area contributed by atoms with Gasteiger partial charge in [-0.1, -0.05) is 0 Å². The van der Waals surface area contributed by atoms with Gasteiger partial charge in [0.15, 0.2) is 0 Å². The lowest BCUT2D eigenvalue weighted by Gasteiger charge is -2.20. The molecule has 1 aromatic heterocycles. The number of nitrogens with one attached hydrogen (secondary N) is 3. The van der Waals surface area contributed by atoms with Crippen LogP contribution in [0, 0.1) is 0 Å². The van der Waals surface area contributed by atoms with Gasteiger partial charge in [0.25, 0.3) is 11.8 Å². The van der Waals surface area contributed by atoms with E-state index in [0.29, 0.717) is 18.9 Å². The first-order valence-electron chi connectivity index (χ1n) is 6.93. The third-order valence-corrected chi connectivity index (χ3v) is 4.23. The van der Waals surface area contributed by atoms with E-state index in [2.05, 4.69) is 25.8 Å². The smallest absolute Gasteiger partial charge is 0.322 e. The van der Waals surface area contributed by atoms with Gasteiger partial charge in [0.1, 0.15) is 11.4 Å². The fraction of sp³-hybridized carbons (Fsp3) is 0.583. The van der Waals surface area contributed by atoms with Crippen LogP contribution in [0.25, 0.3) is 0 Å². The lowest BCUT2D eigenvalue weighted by molar-refractivity contribution is -0.123. The molecule has 1 aliphatic carbocycles. The number of hydrogen-bond donors (Lipinski definition) is 3. The lowest BCUT2D eigenvalue weighted by Crippen LogP contribution is -2.49. The van der Waals surface area contributed by atoms with Crippen LogP contribution in [0.4, 0.5) is 4.79 Å². The van der Waals surface area contributed by atoms with E-state index in [1.807, 2.05) is 0 Å². The molecule has 3 aliphatic rings. The number of nitrogens with zero attached hydrogens (tertiary/aromatic N) is 3. The molecule has 21 heavy (non-hydrogen) atoms. The van der Waals surface area contributed by atoms with Crippen LogP contribution in [-0.4, -0.2) is 56.6 Å². The Labute approximate surface area is 119 Å². The normalized spacial score (nSPS) is 28.1. The van der Waals surface area contributed by atoms with Crippen LogP contribution >= 0.6 is 0 Å². The van der Waals surface area contributed by atoms with Crippen molar-refractivity contribution in [2.75, 3.05) is 13.1 Å². The van der Waals surface area contributed by atoms with E-state index < -0.39 is 11.6 Å². The van der Waals surface area contributed by atoms with Crippen LogP contribution in [0.1, 0.15) is 41.6 Å². The van der Waals surface area contributed by atoms with Crippen molar-refractivity contribution in [3.63, 3.8) is 0 Å². The van der Waals surface area contributed by atoms with E-state index in [9.17, 15) is 14.4 Å². The molecular weight excluding hydrogens is 276 g/mol. The van der Waals surface area contributed by atoms with Crippen molar-refractivity contribution in [2.45, 2.75) is 30.7 Å². The molecule has 3 heterocycles. The van der Waals surface area contributed by atoms with Gasteiger partial charge in [0.05, 0.1) is 6.54 Å². The molecule has 1 saturated carbocycles. The molecule has 0 radical (unpaired) electrons. The molecule has 2 saturated heterocycles. The number of aromatic amines is 1. The molecule has 2 aliphatic heterocycles. The van der Waals surface area contributed by atoms with Gasteiger partial charge in [-0.25, -0.2) is 9.78 Å². The minimum absolute atomic E-state index is 0.124. The van der Waals surface area contributed by atoms with Gasteiger partial charge >= 0.3 is 6.03 Å². The average Bonchev–Trinajstić information content (AvgIpc) is 2.93. The zero-order valence-electron chi connectivity index (χ0n) is 11.2. The second-order valence-electron chi connectivity index (χ2n) is 5.79. The summed E-state index contributed by atoms with van der Waals surface area (Å²) >= 11 is 0. The van der Waals surface area contributed by atoms with Crippen LogP contribution in [0.15, 0.2) is 0 Å². The summed E-state index contributed by atoms with van der Waals surface area (Å²) in [5, 5.41) is 11.6. The first kappa shape index (κ1) is 12.3. The molecule has 3 N–H and O–H groups in total. The van der Waals surface area contributed by atoms with Crippen LogP contribution in [0.5, 0.6) is 0 Å². The summed E-state index contributed by atoms with van der Waals surface area (Å²) in [6, 6.07) is -0.511. The third-order valence-electron chi connectivity index (χ3n) is 4.23. The number of urea groups is 1. The van der Waals surface area contributed by atoms with Gasteiger partial charge in [-0.15, -0.1) is 5.10 Å². The van der Waals surface area contributed by atoms with E-state index in [4.69, 9.17) is 0 Å². The van der Waals surface area contributed by atoms with Crippen molar-refractivity contribution in [3.8, 4) is 0 Å². The Morgan fingerprint density at radius 3 is 2.81 bits per heavy atom. The first-order valence-corrected chi connectivity index (χ1v) is 6.93. The third kappa shape index (κ3) is 1.88. The van der Waals surface area contributed by atoms with Crippen molar-refractivity contribution in [2.24, 2.45) is 0 Å². The van der Waals surface area contributed by atoms with E-state index in [0.717, 1.165) is 18.7 Å². The van der Waals surface area contributed by atoms with Gasteiger partial charge in [-0.05, 0) is 19.3 Å². The lowest BCUT2D eigenvalue weighted by atomic mass is 10.00. The zero-order valence-corrected chi connectivity index (χ0v) is 11.2. The zero-order chi connectivity index (χ0) is 14.6. The largest absolute Gasteiger partial charge is 0.333 e. The molecule has 1 aromatic rings. The molecule has 1 unspecified atom stereocenters. The van der Waals surface area contributed by atoms with Crippen LogP contribution in [-0.2, 0) is 4.79 Å². The van der Waals surface area contributed by atoms with Crippen molar-refractivity contribution >= 4 is 17.8 Å². The number of rotatable bonds is 2. The molecule has 9 heteroatoms. The summed E-state index contributed by atoms with van der Waals surface area (Å²) in [5.41, 5.74) is -0.998. The standard InChI is InChI=1S/C12H14N6O3/c19-9(8-13-7(16-17-8)6-1-2-6)18-4-3-12(5-18)10(20)14-11(21)15-12/h6H,1-5H2,(H,13,16,17)(H2,14,15,20,21). The van der Waals surface area contributed by atoms with Crippen LogP contribution in [0.3, 0.4) is 0 Å². The van der Waals surface area contributed by atoms with Crippen LogP contribution in [0.2, 0.25) is 0 Å². The second kappa shape index (κ2) is 4.03. The maximum Gasteiger partial charge on any atom is 0.322 e. The fourth-order valence-corrected chi connectivity index (χ4v) is 2.85. The highest BCUT2D eigenvalue weighted by Crippen LogP contribution is 2.37. The summed E-state index contributed by atoms with van der Waals surface area (Å²) < 4.78 is 0. The number of aromatic nitrogens is 3. The molecule has 0 aromatic carbocycles. The maximum absolute atomic E-state index is 12.4. The van der Waals surface area contributed by atoms with Crippen molar-refractivity contribution in [1.82, 2.24) is 30.7 Å². The number of H-pyrrole nitrogens is 1. The predicted molar refractivity (Wildman–Crippen MR) is 68.3 cm³/mol. The van der Waals surface area contributed by atoms with E-state index >= 15 is 0 Å². The van der Waals surface area contributed by atoms with Crippen molar-refractivity contribution < 1.29 is 14.4 Å². The molecule has 9 nitrogen and oxygen atoms in total. The Kier molecular flexibility index (Phi) is 2.36. The minimum Gasteiger partial charge on any atom is -0.333 e. The number of imide groups is 1. The molecule has 1 spiro atoms. The topological polar surface area (TPSA) is 120 Å². The highest BCUT2D eigenvalue weighted by atomic mass is 16.2. The minimum atomic E-state index is -0.998. The molecule has 110 valence electrons. The van der Waals surface area contributed by atoms with Crippen molar-refractivity contribution in [1.29, 1.82) is 0 Å². The van der Waals surface area contributed by atoms with E-state index in [1.165, 1.54) is 4.90 Å². The molecule has 1 atom stereocenters. The summed E-state index contributed by atoms with van der Waals surface area (Å²) in [4.78, 5) is 41.2. The summed E-state index contributed by atoms with van der Waals surface area (Å²) in [6.07, 6.45) is 2.54. The Morgan fingerprint density at radius 1 is 1.33 bits per heavy atom.